The minimum absolute atomic E-state index is 0.687. The zero-order chi connectivity index (χ0) is 8.67. The van der Waals surface area contributed by atoms with Gasteiger partial charge in [0.2, 0.25) is 0 Å². The minimum atomic E-state index is 0.687. The molecule has 70 valence electrons. The molecule has 1 nitrogen and oxygen atoms in total. The third-order valence-corrected chi connectivity index (χ3v) is 3.84. The third kappa shape index (κ3) is 1.18. The van der Waals surface area contributed by atoms with Gasteiger partial charge >= 0.3 is 0 Å². The van der Waals surface area contributed by atoms with E-state index in [0.717, 1.165) is 17.9 Å². The number of nitrogens with one attached hydrogen (secondary N) is 1. The Bertz CT molecular complexity index is 254. The van der Waals surface area contributed by atoms with E-state index >= 15 is 0 Å². The lowest BCUT2D eigenvalue weighted by Gasteiger charge is -2.25. The van der Waals surface area contributed by atoms with E-state index in [4.69, 9.17) is 0 Å². The molecule has 0 saturated carbocycles. The van der Waals surface area contributed by atoms with E-state index in [-0.39, 0.29) is 0 Å². The standard InChI is InChI=1S/C12H17N/c1-3-7-11-9(5-1)10-6-2-4-8-12(10)13-11/h1,4-5,8-13H,2-3,6-7H2. The number of fused-ring (bicyclic) bond motifs is 3. The van der Waals surface area contributed by atoms with Crippen molar-refractivity contribution in [3.63, 3.8) is 0 Å². The van der Waals surface area contributed by atoms with Crippen molar-refractivity contribution in [3.05, 3.63) is 24.3 Å². The van der Waals surface area contributed by atoms with Crippen molar-refractivity contribution in [2.45, 2.75) is 37.8 Å². The van der Waals surface area contributed by atoms with Crippen LogP contribution in [0.4, 0.5) is 0 Å². The van der Waals surface area contributed by atoms with E-state index in [2.05, 4.69) is 29.6 Å². The van der Waals surface area contributed by atoms with E-state index < -0.39 is 0 Å². The van der Waals surface area contributed by atoms with Gasteiger partial charge in [-0.25, -0.2) is 0 Å². The zero-order valence-corrected chi connectivity index (χ0v) is 7.95. The Labute approximate surface area is 79.9 Å². The van der Waals surface area contributed by atoms with E-state index in [0.29, 0.717) is 6.04 Å². The number of rotatable bonds is 0. The van der Waals surface area contributed by atoms with Gasteiger partial charge in [-0.05, 0) is 37.5 Å². The fourth-order valence-corrected chi connectivity index (χ4v) is 3.20. The molecule has 1 aliphatic heterocycles. The van der Waals surface area contributed by atoms with Crippen molar-refractivity contribution < 1.29 is 0 Å². The predicted octanol–water partition coefficient (Wildman–Crippen LogP) is 2.26. The smallest absolute Gasteiger partial charge is 0.0287 e. The molecule has 4 atom stereocenters. The van der Waals surface area contributed by atoms with E-state index in [1.54, 1.807) is 0 Å². The minimum Gasteiger partial charge on any atom is -0.307 e. The SMILES string of the molecule is C1=CC2C(CC1)NC1C=CCCC12. The summed E-state index contributed by atoms with van der Waals surface area (Å²) in [4.78, 5) is 0. The summed E-state index contributed by atoms with van der Waals surface area (Å²) in [6.45, 7) is 0. The molecule has 0 aromatic heterocycles. The van der Waals surface area contributed by atoms with Crippen LogP contribution in [0.15, 0.2) is 24.3 Å². The lowest BCUT2D eigenvalue weighted by Crippen LogP contribution is -2.31. The predicted molar refractivity (Wildman–Crippen MR) is 54.4 cm³/mol. The van der Waals surface area contributed by atoms with Gasteiger partial charge in [0.1, 0.15) is 0 Å². The topological polar surface area (TPSA) is 12.0 Å². The second-order valence-electron chi connectivity index (χ2n) is 4.55. The van der Waals surface area contributed by atoms with Crippen LogP contribution >= 0.6 is 0 Å². The Morgan fingerprint density at radius 1 is 1.00 bits per heavy atom. The molecule has 0 amide bonds. The molecule has 0 aromatic rings. The van der Waals surface area contributed by atoms with Gasteiger partial charge in [-0.3, -0.25) is 0 Å². The Balaban J connectivity index is 1.88. The van der Waals surface area contributed by atoms with Crippen LogP contribution < -0.4 is 5.32 Å². The Morgan fingerprint density at radius 3 is 2.85 bits per heavy atom. The Kier molecular flexibility index (Phi) is 1.79. The third-order valence-electron chi connectivity index (χ3n) is 3.84. The van der Waals surface area contributed by atoms with Crippen molar-refractivity contribution in [3.8, 4) is 0 Å². The summed E-state index contributed by atoms with van der Waals surface area (Å²) in [7, 11) is 0. The maximum absolute atomic E-state index is 3.76. The fourth-order valence-electron chi connectivity index (χ4n) is 3.20. The molecule has 3 aliphatic rings. The first-order valence-corrected chi connectivity index (χ1v) is 5.54. The molecule has 1 N–H and O–H groups in total. The van der Waals surface area contributed by atoms with Crippen LogP contribution in [0.5, 0.6) is 0 Å². The van der Waals surface area contributed by atoms with Gasteiger partial charge in [0.05, 0.1) is 0 Å². The summed E-state index contributed by atoms with van der Waals surface area (Å²) in [5.74, 6) is 1.73. The van der Waals surface area contributed by atoms with Crippen LogP contribution in [0, 0.1) is 11.8 Å². The summed E-state index contributed by atoms with van der Waals surface area (Å²) >= 11 is 0. The van der Waals surface area contributed by atoms with Crippen LogP contribution in [-0.4, -0.2) is 12.1 Å². The molecule has 0 bridgehead atoms. The van der Waals surface area contributed by atoms with Crippen LogP contribution in [-0.2, 0) is 0 Å². The van der Waals surface area contributed by atoms with Gasteiger partial charge in [-0.2, -0.15) is 0 Å². The second kappa shape index (κ2) is 2.98. The maximum Gasteiger partial charge on any atom is 0.0287 e. The Morgan fingerprint density at radius 2 is 1.85 bits per heavy atom. The van der Waals surface area contributed by atoms with Gasteiger partial charge in [-0.15, -0.1) is 0 Å². The highest BCUT2D eigenvalue weighted by atomic mass is 15.0. The first kappa shape index (κ1) is 7.81. The number of hydrogen-bond acceptors (Lipinski definition) is 1. The summed E-state index contributed by atoms with van der Waals surface area (Å²) < 4.78 is 0. The highest BCUT2D eigenvalue weighted by Crippen LogP contribution is 2.38. The average molecular weight is 175 g/mol. The number of allylic oxidation sites excluding steroid dienone is 2. The van der Waals surface area contributed by atoms with Crippen LogP contribution in [0.25, 0.3) is 0 Å². The van der Waals surface area contributed by atoms with Crippen molar-refractivity contribution in [2.75, 3.05) is 0 Å². The number of hydrogen-bond donors (Lipinski definition) is 1. The van der Waals surface area contributed by atoms with E-state index in [1.165, 1.54) is 25.7 Å². The molecule has 1 heteroatoms. The summed E-state index contributed by atoms with van der Waals surface area (Å²) in [5, 5.41) is 3.76. The molecule has 3 rings (SSSR count). The van der Waals surface area contributed by atoms with E-state index in [1.807, 2.05) is 0 Å². The molecular weight excluding hydrogens is 158 g/mol. The second-order valence-corrected chi connectivity index (χ2v) is 4.55. The van der Waals surface area contributed by atoms with Crippen LogP contribution in [0.3, 0.4) is 0 Å². The van der Waals surface area contributed by atoms with Crippen LogP contribution in [0.2, 0.25) is 0 Å². The molecule has 0 radical (unpaired) electrons. The van der Waals surface area contributed by atoms with Gasteiger partial charge in [0, 0.05) is 12.1 Å². The molecule has 13 heavy (non-hydrogen) atoms. The van der Waals surface area contributed by atoms with Crippen molar-refractivity contribution >= 4 is 0 Å². The molecular formula is C12H17N. The zero-order valence-electron chi connectivity index (χ0n) is 7.95. The largest absolute Gasteiger partial charge is 0.307 e. The molecule has 1 saturated heterocycles. The van der Waals surface area contributed by atoms with Gasteiger partial charge in [0.25, 0.3) is 0 Å². The van der Waals surface area contributed by atoms with Gasteiger partial charge < -0.3 is 5.32 Å². The van der Waals surface area contributed by atoms with Crippen molar-refractivity contribution in [2.24, 2.45) is 11.8 Å². The Hall–Kier alpha value is -0.560. The maximum atomic E-state index is 3.76. The lowest BCUT2D eigenvalue weighted by atomic mass is 9.78. The summed E-state index contributed by atoms with van der Waals surface area (Å²) in [5.41, 5.74) is 0. The normalized spacial score (nSPS) is 47.4. The van der Waals surface area contributed by atoms with Gasteiger partial charge in [-0.1, -0.05) is 24.3 Å². The summed E-state index contributed by atoms with van der Waals surface area (Å²) in [6, 6.07) is 1.47. The van der Waals surface area contributed by atoms with Crippen molar-refractivity contribution in [1.82, 2.24) is 5.32 Å². The first-order valence-electron chi connectivity index (χ1n) is 5.54. The van der Waals surface area contributed by atoms with Gasteiger partial charge in [0.15, 0.2) is 0 Å². The molecule has 1 fully saturated rings. The molecule has 0 spiro atoms. The highest BCUT2D eigenvalue weighted by molar-refractivity contribution is 5.16. The van der Waals surface area contributed by atoms with Crippen LogP contribution in [0.1, 0.15) is 25.7 Å². The molecule has 4 unspecified atom stereocenters. The first-order chi connectivity index (χ1) is 6.45. The van der Waals surface area contributed by atoms with Crippen molar-refractivity contribution in [1.29, 1.82) is 0 Å². The van der Waals surface area contributed by atoms with E-state index in [9.17, 15) is 0 Å². The molecule has 1 heterocycles. The molecule has 0 aromatic carbocycles. The molecule has 2 aliphatic carbocycles. The monoisotopic (exact) mass is 175 g/mol. The highest BCUT2D eigenvalue weighted by Gasteiger charge is 2.41. The quantitative estimate of drug-likeness (QED) is 0.557. The average Bonchev–Trinajstić information content (AvgIpc) is 2.56. The summed E-state index contributed by atoms with van der Waals surface area (Å²) in [6.07, 6.45) is 14.9. The fraction of sp³-hybridized carbons (Fsp3) is 0.667. The lowest BCUT2D eigenvalue weighted by molar-refractivity contribution is 0.373.